The van der Waals surface area contributed by atoms with E-state index < -0.39 is 29.1 Å². The number of methoxy groups -OCH3 is 2. The molecule has 1 fully saturated rings. The Bertz CT molecular complexity index is 1640. The Labute approximate surface area is 251 Å². The fraction of sp³-hybridized carbons (Fsp3) is 0.400. The predicted molar refractivity (Wildman–Crippen MR) is 156 cm³/mol. The maximum atomic E-state index is 14.5. The molecule has 0 bridgehead atoms. The molecule has 0 radical (unpaired) electrons. The molecule has 1 unspecified atom stereocenters. The topological polar surface area (TPSA) is 115 Å². The second kappa shape index (κ2) is 12.1. The van der Waals surface area contributed by atoms with Gasteiger partial charge in [-0.1, -0.05) is 0 Å². The van der Waals surface area contributed by atoms with Crippen LogP contribution in [0.2, 0.25) is 0 Å². The molecule has 3 heterocycles. The molecule has 0 spiro atoms. The first-order valence-electron chi connectivity index (χ1n) is 14.0. The average molecular weight is 616 g/mol. The standard InChI is InChI=1S/C30H32F3N5O6/c1-5-44-29(41)37-11-9-23-26(18-12-21(42-3)15-22(13-18)43-4)35-38(28(40)27(23)37)25-14-20(6-7-24(25)30(31,32)33)36-10-8-19(16-36)34-17(2)39/h6-7,12-15,19H,5,8-11,16H2,1-4H3,(H,34,39). The summed E-state index contributed by atoms with van der Waals surface area (Å²) in [5.74, 6) is 0.592. The van der Waals surface area contributed by atoms with E-state index in [0.29, 0.717) is 52.5 Å². The largest absolute Gasteiger partial charge is 0.497 e. The third-order valence-electron chi connectivity index (χ3n) is 7.61. The quantitative estimate of drug-likeness (QED) is 0.421. The first kappa shape index (κ1) is 30.7. The van der Waals surface area contributed by atoms with Gasteiger partial charge in [-0.3, -0.25) is 14.5 Å². The zero-order valence-electron chi connectivity index (χ0n) is 24.7. The summed E-state index contributed by atoms with van der Waals surface area (Å²) in [7, 11) is 2.91. The fourth-order valence-electron chi connectivity index (χ4n) is 5.65. The molecule has 1 saturated heterocycles. The zero-order valence-corrected chi connectivity index (χ0v) is 24.7. The number of aromatic nitrogens is 2. The maximum absolute atomic E-state index is 14.5. The summed E-state index contributed by atoms with van der Waals surface area (Å²) in [6.45, 7) is 3.99. The van der Waals surface area contributed by atoms with Crippen molar-refractivity contribution in [2.24, 2.45) is 0 Å². The second-order valence-electron chi connectivity index (χ2n) is 10.4. The number of nitrogens with zero attached hydrogens (tertiary/aromatic N) is 4. The van der Waals surface area contributed by atoms with Crippen molar-refractivity contribution in [3.63, 3.8) is 0 Å². The van der Waals surface area contributed by atoms with E-state index in [4.69, 9.17) is 14.2 Å². The number of nitrogens with one attached hydrogen (secondary N) is 1. The molecular weight excluding hydrogens is 583 g/mol. The van der Waals surface area contributed by atoms with Gasteiger partial charge in [0.1, 0.15) is 17.2 Å². The van der Waals surface area contributed by atoms with Crippen molar-refractivity contribution >= 4 is 23.4 Å². The highest BCUT2D eigenvalue weighted by Crippen LogP contribution is 2.39. The minimum Gasteiger partial charge on any atom is -0.497 e. The van der Waals surface area contributed by atoms with Crippen LogP contribution in [-0.2, 0) is 22.1 Å². The van der Waals surface area contributed by atoms with Crippen LogP contribution in [0.5, 0.6) is 11.5 Å². The summed E-state index contributed by atoms with van der Waals surface area (Å²) >= 11 is 0. The number of fused-ring (bicyclic) bond motifs is 1. The summed E-state index contributed by atoms with van der Waals surface area (Å²) in [6.07, 6.45) is -4.81. The smallest absolute Gasteiger partial charge is 0.418 e. The van der Waals surface area contributed by atoms with Crippen molar-refractivity contribution in [1.29, 1.82) is 0 Å². The Morgan fingerprint density at radius 1 is 1.07 bits per heavy atom. The van der Waals surface area contributed by atoms with E-state index in [-0.39, 0.29) is 42.9 Å². The van der Waals surface area contributed by atoms with Crippen LogP contribution in [0.3, 0.4) is 0 Å². The number of carbonyl (C=O) groups is 2. The summed E-state index contributed by atoms with van der Waals surface area (Å²) in [5, 5.41) is 7.34. The van der Waals surface area contributed by atoms with Gasteiger partial charge in [0.2, 0.25) is 5.91 Å². The number of halogens is 3. The number of amides is 2. The van der Waals surface area contributed by atoms with Gasteiger partial charge in [-0.2, -0.15) is 23.0 Å². The lowest BCUT2D eigenvalue weighted by Gasteiger charge is -2.23. The van der Waals surface area contributed by atoms with Gasteiger partial charge < -0.3 is 24.4 Å². The van der Waals surface area contributed by atoms with Gasteiger partial charge in [-0.25, -0.2) is 4.79 Å². The number of alkyl halides is 3. The van der Waals surface area contributed by atoms with Crippen LogP contribution in [0.15, 0.2) is 41.2 Å². The molecule has 1 N–H and O–H groups in total. The Morgan fingerprint density at radius 3 is 2.39 bits per heavy atom. The third-order valence-corrected chi connectivity index (χ3v) is 7.61. The number of rotatable bonds is 7. The maximum Gasteiger partial charge on any atom is 0.418 e. The van der Waals surface area contributed by atoms with Crippen molar-refractivity contribution in [3.8, 4) is 28.4 Å². The highest BCUT2D eigenvalue weighted by Gasteiger charge is 2.38. The molecule has 3 aromatic rings. The van der Waals surface area contributed by atoms with Gasteiger partial charge in [0.05, 0.1) is 37.8 Å². The van der Waals surface area contributed by atoms with Gasteiger partial charge in [-0.15, -0.1) is 0 Å². The molecule has 11 nitrogen and oxygen atoms in total. The summed E-state index contributed by atoms with van der Waals surface area (Å²) in [4.78, 5) is 41.5. The Morgan fingerprint density at radius 2 is 1.77 bits per heavy atom. The van der Waals surface area contributed by atoms with Gasteiger partial charge in [-0.05, 0) is 50.1 Å². The first-order chi connectivity index (χ1) is 20.9. The van der Waals surface area contributed by atoms with Crippen molar-refractivity contribution < 1.29 is 37.0 Å². The van der Waals surface area contributed by atoms with Crippen molar-refractivity contribution in [1.82, 2.24) is 15.1 Å². The molecular formula is C30H32F3N5O6. The molecule has 1 aromatic heterocycles. The van der Waals surface area contributed by atoms with E-state index in [1.165, 1.54) is 33.3 Å². The average Bonchev–Trinajstić information content (AvgIpc) is 3.64. The van der Waals surface area contributed by atoms with Crippen molar-refractivity contribution in [2.75, 3.05) is 50.3 Å². The Balaban J connectivity index is 1.75. The van der Waals surface area contributed by atoms with E-state index in [1.54, 1.807) is 25.1 Å². The Hall–Kier alpha value is -4.75. The zero-order chi connectivity index (χ0) is 31.8. The number of anilines is 2. The molecule has 44 heavy (non-hydrogen) atoms. The molecule has 234 valence electrons. The molecule has 14 heteroatoms. The SMILES string of the molecule is CCOC(=O)N1CCc2c(-c3cc(OC)cc(OC)c3)nn(-c3cc(N4CCC(NC(C)=O)C4)ccc3C(F)(F)F)c(=O)c21. The van der Waals surface area contributed by atoms with E-state index in [9.17, 15) is 27.6 Å². The normalized spacial score (nSPS) is 16.1. The fourth-order valence-corrected chi connectivity index (χ4v) is 5.65. The molecule has 0 aliphatic carbocycles. The second-order valence-corrected chi connectivity index (χ2v) is 10.4. The Kier molecular flexibility index (Phi) is 8.44. The molecule has 2 aliphatic rings. The van der Waals surface area contributed by atoms with Gasteiger partial charge in [0.25, 0.3) is 5.56 Å². The molecule has 0 saturated carbocycles. The van der Waals surface area contributed by atoms with Crippen LogP contribution in [0.25, 0.3) is 16.9 Å². The van der Waals surface area contributed by atoms with Crippen LogP contribution < -0.4 is 30.1 Å². The monoisotopic (exact) mass is 615 g/mol. The van der Waals surface area contributed by atoms with Gasteiger partial charge >= 0.3 is 12.3 Å². The molecule has 2 aliphatic heterocycles. The van der Waals surface area contributed by atoms with Crippen LogP contribution >= 0.6 is 0 Å². The lowest BCUT2D eigenvalue weighted by Crippen LogP contribution is -2.36. The van der Waals surface area contributed by atoms with E-state index in [2.05, 4.69) is 10.4 Å². The van der Waals surface area contributed by atoms with E-state index in [1.807, 2.05) is 4.90 Å². The lowest BCUT2D eigenvalue weighted by molar-refractivity contribution is -0.137. The third kappa shape index (κ3) is 5.88. The highest BCUT2D eigenvalue weighted by molar-refractivity contribution is 5.92. The molecule has 2 aromatic carbocycles. The summed E-state index contributed by atoms with van der Waals surface area (Å²) in [5.41, 5.74) is -1.18. The van der Waals surface area contributed by atoms with Crippen LogP contribution in [0.1, 0.15) is 31.4 Å². The van der Waals surface area contributed by atoms with Gasteiger partial charge in [0, 0.05) is 55.5 Å². The minimum absolute atomic E-state index is 0.0411. The van der Waals surface area contributed by atoms with Crippen molar-refractivity contribution in [3.05, 3.63) is 57.9 Å². The number of hydrogen-bond acceptors (Lipinski definition) is 8. The van der Waals surface area contributed by atoms with Crippen molar-refractivity contribution in [2.45, 2.75) is 38.9 Å². The van der Waals surface area contributed by atoms with Gasteiger partial charge in [0.15, 0.2) is 0 Å². The molecule has 5 rings (SSSR count). The number of carbonyl (C=O) groups excluding carboxylic acids is 2. The number of hydrogen-bond donors (Lipinski definition) is 1. The molecule has 1 atom stereocenters. The lowest BCUT2D eigenvalue weighted by atomic mass is 10.0. The highest BCUT2D eigenvalue weighted by atomic mass is 19.4. The summed E-state index contributed by atoms with van der Waals surface area (Å²) < 4.78 is 60.0. The number of ether oxygens (including phenoxy) is 3. The van der Waals surface area contributed by atoms with E-state index >= 15 is 0 Å². The van der Waals surface area contributed by atoms with Crippen LogP contribution in [0.4, 0.5) is 29.3 Å². The number of benzene rings is 2. The minimum atomic E-state index is -4.84. The van der Waals surface area contributed by atoms with Crippen LogP contribution in [0, 0.1) is 0 Å². The van der Waals surface area contributed by atoms with E-state index in [0.717, 1.165) is 11.0 Å². The predicted octanol–water partition coefficient (Wildman–Crippen LogP) is 4.17. The first-order valence-corrected chi connectivity index (χ1v) is 14.0. The summed E-state index contributed by atoms with van der Waals surface area (Å²) in [6, 6.07) is 8.21. The van der Waals surface area contributed by atoms with Crippen LogP contribution in [-0.4, -0.2) is 68.3 Å². The molecule has 2 amide bonds.